The summed E-state index contributed by atoms with van der Waals surface area (Å²) in [5.74, 6) is -0.319. The lowest BCUT2D eigenvalue weighted by molar-refractivity contribution is 0.0601. The number of benzene rings is 2. The number of hydrogen-bond acceptors (Lipinski definition) is 3. The summed E-state index contributed by atoms with van der Waals surface area (Å²) in [7, 11) is 1.39. The maximum absolute atomic E-state index is 11.5. The van der Waals surface area contributed by atoms with Gasteiger partial charge in [0.2, 0.25) is 0 Å². The number of aryl methyl sites for hydroxylation is 1. The van der Waals surface area contributed by atoms with Crippen LogP contribution in [0.4, 0.5) is 5.69 Å². The Morgan fingerprint density at radius 2 is 1.80 bits per heavy atom. The van der Waals surface area contributed by atoms with Crippen molar-refractivity contribution >= 4 is 11.7 Å². The molecule has 3 heteroatoms. The van der Waals surface area contributed by atoms with E-state index in [1.165, 1.54) is 18.2 Å². The summed E-state index contributed by atoms with van der Waals surface area (Å²) in [6, 6.07) is 15.8. The Bertz CT molecular complexity index is 576. The van der Waals surface area contributed by atoms with E-state index < -0.39 is 0 Å². The molecule has 1 N–H and O–H groups in total. The molecule has 0 aliphatic heterocycles. The Labute approximate surface area is 119 Å². The Hall–Kier alpha value is -2.29. The zero-order valence-electron chi connectivity index (χ0n) is 11.8. The SMILES string of the molecule is CCc1ccc(CNc2cccc(C(=O)OC)c2)cc1. The molecule has 0 bridgehead atoms. The van der Waals surface area contributed by atoms with E-state index in [2.05, 4.69) is 36.5 Å². The van der Waals surface area contributed by atoms with Crippen LogP contribution >= 0.6 is 0 Å². The van der Waals surface area contributed by atoms with Gasteiger partial charge in [0.1, 0.15) is 0 Å². The van der Waals surface area contributed by atoms with Crippen molar-refractivity contribution in [2.45, 2.75) is 19.9 Å². The fourth-order valence-corrected chi connectivity index (χ4v) is 1.97. The van der Waals surface area contributed by atoms with Gasteiger partial charge >= 0.3 is 5.97 Å². The lowest BCUT2D eigenvalue weighted by atomic mass is 10.1. The quantitative estimate of drug-likeness (QED) is 0.842. The molecule has 0 aliphatic carbocycles. The van der Waals surface area contributed by atoms with Gasteiger partial charge in [-0.1, -0.05) is 37.3 Å². The van der Waals surface area contributed by atoms with Gasteiger partial charge in [-0.25, -0.2) is 4.79 Å². The van der Waals surface area contributed by atoms with Gasteiger partial charge < -0.3 is 10.1 Å². The molecule has 0 radical (unpaired) electrons. The van der Waals surface area contributed by atoms with Crippen molar-refractivity contribution in [3.8, 4) is 0 Å². The molecule has 3 nitrogen and oxygen atoms in total. The molecule has 0 aromatic heterocycles. The third kappa shape index (κ3) is 3.60. The number of methoxy groups -OCH3 is 1. The van der Waals surface area contributed by atoms with E-state index in [1.54, 1.807) is 12.1 Å². The molecule has 0 amide bonds. The summed E-state index contributed by atoms with van der Waals surface area (Å²) in [5, 5.41) is 3.31. The minimum absolute atomic E-state index is 0.319. The number of carbonyl (C=O) groups is 1. The molecule has 2 aromatic rings. The molecular weight excluding hydrogens is 250 g/mol. The Morgan fingerprint density at radius 1 is 1.10 bits per heavy atom. The molecule has 0 atom stereocenters. The molecule has 0 fully saturated rings. The average molecular weight is 269 g/mol. The monoisotopic (exact) mass is 269 g/mol. The molecule has 2 rings (SSSR count). The number of hydrogen-bond donors (Lipinski definition) is 1. The van der Waals surface area contributed by atoms with Gasteiger partial charge in [-0.3, -0.25) is 0 Å². The van der Waals surface area contributed by atoms with Crippen molar-refractivity contribution in [1.82, 2.24) is 0 Å². The fourth-order valence-electron chi connectivity index (χ4n) is 1.97. The summed E-state index contributed by atoms with van der Waals surface area (Å²) in [5.41, 5.74) is 4.01. The summed E-state index contributed by atoms with van der Waals surface area (Å²) in [6.07, 6.45) is 1.05. The second kappa shape index (κ2) is 6.75. The van der Waals surface area contributed by atoms with Crippen LogP contribution in [0, 0.1) is 0 Å². The first kappa shape index (κ1) is 14.1. The highest BCUT2D eigenvalue weighted by Crippen LogP contribution is 2.13. The first-order valence-corrected chi connectivity index (χ1v) is 6.73. The molecule has 0 saturated heterocycles. The summed E-state index contributed by atoms with van der Waals surface area (Å²) >= 11 is 0. The van der Waals surface area contributed by atoms with Crippen LogP contribution in [0.5, 0.6) is 0 Å². The van der Waals surface area contributed by atoms with Crippen LogP contribution < -0.4 is 5.32 Å². The number of rotatable bonds is 5. The molecule has 0 unspecified atom stereocenters. The van der Waals surface area contributed by atoms with E-state index in [4.69, 9.17) is 4.74 Å². The van der Waals surface area contributed by atoms with Crippen LogP contribution in [0.3, 0.4) is 0 Å². The molecule has 20 heavy (non-hydrogen) atoms. The Kier molecular flexibility index (Phi) is 4.77. The van der Waals surface area contributed by atoms with Crippen LogP contribution in [0.1, 0.15) is 28.4 Å². The van der Waals surface area contributed by atoms with E-state index in [9.17, 15) is 4.79 Å². The zero-order valence-corrected chi connectivity index (χ0v) is 11.8. The van der Waals surface area contributed by atoms with Crippen molar-refractivity contribution in [2.75, 3.05) is 12.4 Å². The number of ether oxygens (including phenoxy) is 1. The number of esters is 1. The van der Waals surface area contributed by atoms with Crippen LogP contribution in [0.25, 0.3) is 0 Å². The molecular formula is C17H19NO2. The standard InChI is InChI=1S/C17H19NO2/c1-3-13-7-9-14(10-8-13)12-18-16-6-4-5-15(11-16)17(19)20-2/h4-11,18H,3,12H2,1-2H3. The summed E-state index contributed by atoms with van der Waals surface area (Å²) in [4.78, 5) is 11.5. The topological polar surface area (TPSA) is 38.3 Å². The smallest absolute Gasteiger partial charge is 0.337 e. The van der Waals surface area contributed by atoms with E-state index in [0.29, 0.717) is 5.56 Å². The second-order valence-electron chi connectivity index (χ2n) is 4.60. The van der Waals surface area contributed by atoms with Gasteiger partial charge in [0.25, 0.3) is 0 Å². The van der Waals surface area contributed by atoms with Gasteiger partial charge in [-0.2, -0.15) is 0 Å². The predicted octanol–water partition coefficient (Wildman–Crippen LogP) is 3.65. The van der Waals surface area contributed by atoms with Gasteiger partial charge in [0.05, 0.1) is 12.7 Å². The number of nitrogens with one attached hydrogen (secondary N) is 1. The third-order valence-corrected chi connectivity index (χ3v) is 3.21. The summed E-state index contributed by atoms with van der Waals surface area (Å²) in [6.45, 7) is 2.88. The maximum Gasteiger partial charge on any atom is 0.337 e. The van der Waals surface area contributed by atoms with Gasteiger partial charge in [-0.15, -0.1) is 0 Å². The van der Waals surface area contributed by atoms with Crippen molar-refractivity contribution in [1.29, 1.82) is 0 Å². The summed E-state index contributed by atoms with van der Waals surface area (Å²) < 4.78 is 4.71. The van der Waals surface area contributed by atoms with Gasteiger partial charge in [0, 0.05) is 12.2 Å². The lowest BCUT2D eigenvalue weighted by Crippen LogP contribution is -2.04. The highest BCUT2D eigenvalue weighted by atomic mass is 16.5. The minimum atomic E-state index is -0.319. The molecule has 0 saturated carbocycles. The first-order chi connectivity index (χ1) is 9.72. The van der Waals surface area contributed by atoms with Crippen molar-refractivity contribution < 1.29 is 9.53 Å². The van der Waals surface area contributed by atoms with Crippen molar-refractivity contribution in [3.05, 3.63) is 65.2 Å². The van der Waals surface area contributed by atoms with Gasteiger partial charge in [-0.05, 0) is 35.7 Å². The minimum Gasteiger partial charge on any atom is -0.465 e. The van der Waals surface area contributed by atoms with Crippen molar-refractivity contribution in [2.24, 2.45) is 0 Å². The third-order valence-electron chi connectivity index (χ3n) is 3.21. The van der Waals surface area contributed by atoms with Crippen LogP contribution in [-0.4, -0.2) is 13.1 Å². The fraction of sp³-hybridized carbons (Fsp3) is 0.235. The molecule has 0 aliphatic rings. The predicted molar refractivity (Wildman–Crippen MR) is 80.9 cm³/mol. The molecule has 2 aromatic carbocycles. The highest BCUT2D eigenvalue weighted by molar-refractivity contribution is 5.90. The van der Waals surface area contributed by atoms with Crippen LogP contribution in [0.15, 0.2) is 48.5 Å². The van der Waals surface area contributed by atoms with E-state index in [1.807, 2.05) is 12.1 Å². The first-order valence-electron chi connectivity index (χ1n) is 6.73. The van der Waals surface area contributed by atoms with Crippen LogP contribution in [-0.2, 0) is 17.7 Å². The van der Waals surface area contributed by atoms with E-state index >= 15 is 0 Å². The van der Waals surface area contributed by atoms with Crippen molar-refractivity contribution in [3.63, 3.8) is 0 Å². The molecule has 104 valence electrons. The zero-order chi connectivity index (χ0) is 14.4. The lowest BCUT2D eigenvalue weighted by Gasteiger charge is -2.08. The Balaban J connectivity index is 2.01. The maximum atomic E-state index is 11.5. The van der Waals surface area contributed by atoms with Crippen LogP contribution in [0.2, 0.25) is 0 Å². The molecule has 0 spiro atoms. The normalized spacial score (nSPS) is 10.1. The number of carbonyl (C=O) groups excluding carboxylic acids is 1. The average Bonchev–Trinajstić information content (AvgIpc) is 2.53. The van der Waals surface area contributed by atoms with Gasteiger partial charge in [0.15, 0.2) is 0 Å². The second-order valence-corrected chi connectivity index (χ2v) is 4.60. The largest absolute Gasteiger partial charge is 0.465 e. The Morgan fingerprint density at radius 3 is 2.45 bits per heavy atom. The highest BCUT2D eigenvalue weighted by Gasteiger charge is 2.05. The molecule has 0 heterocycles. The number of anilines is 1. The van der Waals surface area contributed by atoms with E-state index in [0.717, 1.165) is 18.7 Å². The van der Waals surface area contributed by atoms with E-state index in [-0.39, 0.29) is 5.97 Å².